The van der Waals surface area contributed by atoms with Crippen molar-refractivity contribution in [2.75, 3.05) is 11.1 Å². The maximum absolute atomic E-state index is 9.36. The fraction of sp³-hybridized carbons (Fsp3) is 0.308. The zero-order valence-corrected chi connectivity index (χ0v) is 25.5. The van der Waals surface area contributed by atoms with E-state index in [0.29, 0.717) is 5.56 Å². The van der Waals surface area contributed by atoms with Crippen molar-refractivity contribution in [3.8, 4) is 17.2 Å². The summed E-state index contributed by atoms with van der Waals surface area (Å²) in [6.45, 7) is 11.0. The van der Waals surface area contributed by atoms with Crippen molar-refractivity contribution in [3.05, 3.63) is 131 Å². The summed E-state index contributed by atoms with van der Waals surface area (Å²) < 4.78 is 0. The SMILES string of the molecule is C=C(CCC(CCC)(CCCCc1ccccc1N)c1ccc(-c2cccc(C#N)c2)cc1)Nc1cc(C)cc(C)c1. The van der Waals surface area contributed by atoms with E-state index >= 15 is 0 Å². The van der Waals surface area contributed by atoms with Crippen molar-refractivity contribution in [1.29, 1.82) is 5.26 Å². The summed E-state index contributed by atoms with van der Waals surface area (Å²) in [6.07, 6.45) is 8.56. The number of nitrogens with zero attached hydrogens (tertiary/aromatic N) is 1. The molecule has 0 spiro atoms. The van der Waals surface area contributed by atoms with Gasteiger partial charge >= 0.3 is 0 Å². The van der Waals surface area contributed by atoms with Crippen molar-refractivity contribution in [1.82, 2.24) is 0 Å². The van der Waals surface area contributed by atoms with E-state index in [1.54, 1.807) is 0 Å². The van der Waals surface area contributed by atoms with Gasteiger partial charge in [-0.15, -0.1) is 0 Å². The number of rotatable bonds is 14. The quantitative estimate of drug-likeness (QED) is 0.120. The molecule has 1 unspecified atom stereocenters. The highest BCUT2D eigenvalue weighted by atomic mass is 14.9. The molecule has 0 heterocycles. The van der Waals surface area contributed by atoms with E-state index in [2.05, 4.69) is 99.4 Å². The molecule has 42 heavy (non-hydrogen) atoms. The molecule has 3 heteroatoms. The molecule has 1 atom stereocenters. The number of benzene rings is 4. The Hall–Kier alpha value is -4.29. The zero-order chi connectivity index (χ0) is 30.0. The van der Waals surface area contributed by atoms with Crippen molar-refractivity contribution < 1.29 is 0 Å². The number of para-hydroxylation sites is 1. The van der Waals surface area contributed by atoms with Gasteiger partial charge in [-0.2, -0.15) is 5.26 Å². The van der Waals surface area contributed by atoms with Crippen molar-refractivity contribution in [3.63, 3.8) is 0 Å². The summed E-state index contributed by atoms with van der Waals surface area (Å²) in [4.78, 5) is 0. The molecule has 0 aliphatic heterocycles. The maximum Gasteiger partial charge on any atom is 0.0991 e. The molecule has 3 N–H and O–H groups in total. The van der Waals surface area contributed by atoms with Gasteiger partial charge in [-0.3, -0.25) is 0 Å². The van der Waals surface area contributed by atoms with Gasteiger partial charge in [0.05, 0.1) is 11.6 Å². The third kappa shape index (κ3) is 8.14. The molecule has 4 rings (SSSR count). The Morgan fingerprint density at radius 1 is 0.833 bits per heavy atom. The summed E-state index contributed by atoms with van der Waals surface area (Å²) in [5, 5.41) is 13.0. The topological polar surface area (TPSA) is 61.8 Å². The number of nitriles is 1. The normalized spacial score (nSPS) is 12.3. The smallest absolute Gasteiger partial charge is 0.0991 e. The van der Waals surface area contributed by atoms with Gasteiger partial charge in [-0.05, 0) is 121 Å². The number of hydrogen-bond acceptors (Lipinski definition) is 3. The van der Waals surface area contributed by atoms with Crippen LogP contribution in [-0.2, 0) is 11.8 Å². The summed E-state index contributed by atoms with van der Waals surface area (Å²) >= 11 is 0. The number of nitrogens with one attached hydrogen (secondary N) is 1. The minimum Gasteiger partial charge on any atom is -0.399 e. The predicted molar refractivity (Wildman–Crippen MR) is 180 cm³/mol. The molecule has 0 saturated carbocycles. The lowest BCUT2D eigenvalue weighted by molar-refractivity contribution is 0.322. The molecule has 4 aromatic carbocycles. The monoisotopic (exact) mass is 555 g/mol. The Morgan fingerprint density at radius 3 is 2.26 bits per heavy atom. The standard InChI is InChI=1S/C39H45N3/c1-5-21-39(22-9-8-13-34-12-6-7-15-38(34)41,23-20-31(4)42-37-25-29(2)24-30(3)26-37)36-18-16-33(17-19-36)35-14-10-11-32(27-35)28-40/h6-7,10-12,14-19,24-27,42H,4-5,8-9,13,20-23,41H2,1-3H3. The van der Waals surface area contributed by atoms with Crippen LogP contribution in [0.2, 0.25) is 0 Å². The average molecular weight is 556 g/mol. The Kier molecular flexibility index (Phi) is 10.6. The maximum atomic E-state index is 9.36. The number of anilines is 2. The number of aryl methyl sites for hydroxylation is 3. The van der Waals surface area contributed by atoms with Gasteiger partial charge in [-0.1, -0.05) is 87.0 Å². The average Bonchev–Trinajstić information content (AvgIpc) is 2.98. The third-order valence-corrected chi connectivity index (χ3v) is 8.41. The first kappa shape index (κ1) is 30.7. The van der Waals surface area contributed by atoms with Gasteiger partial charge in [-0.25, -0.2) is 0 Å². The van der Waals surface area contributed by atoms with E-state index in [0.717, 1.165) is 79.6 Å². The van der Waals surface area contributed by atoms with E-state index in [1.807, 2.05) is 30.3 Å². The van der Waals surface area contributed by atoms with Crippen molar-refractivity contribution >= 4 is 11.4 Å². The van der Waals surface area contributed by atoms with Crippen molar-refractivity contribution in [2.24, 2.45) is 0 Å². The van der Waals surface area contributed by atoms with Gasteiger partial charge in [0.1, 0.15) is 0 Å². The van der Waals surface area contributed by atoms with Crippen LogP contribution in [0.25, 0.3) is 11.1 Å². The highest BCUT2D eigenvalue weighted by molar-refractivity contribution is 5.65. The van der Waals surface area contributed by atoms with Gasteiger partial charge in [0.25, 0.3) is 0 Å². The van der Waals surface area contributed by atoms with Gasteiger partial charge in [0.15, 0.2) is 0 Å². The van der Waals surface area contributed by atoms with Gasteiger partial charge in [0, 0.05) is 17.1 Å². The van der Waals surface area contributed by atoms with Crippen LogP contribution in [0.5, 0.6) is 0 Å². The Balaban J connectivity index is 1.55. The lowest BCUT2D eigenvalue weighted by Gasteiger charge is -2.35. The number of unbranched alkanes of at least 4 members (excludes halogenated alkanes) is 1. The van der Waals surface area contributed by atoms with Crippen LogP contribution in [0.15, 0.2) is 103 Å². The molecule has 0 aliphatic carbocycles. The minimum atomic E-state index is 0.0527. The Morgan fingerprint density at radius 2 is 1.57 bits per heavy atom. The van der Waals surface area contributed by atoms with E-state index in [-0.39, 0.29) is 5.41 Å². The molecular formula is C39H45N3. The zero-order valence-electron chi connectivity index (χ0n) is 25.5. The number of hydrogen-bond donors (Lipinski definition) is 2. The summed E-state index contributed by atoms with van der Waals surface area (Å²) in [5.74, 6) is 0. The fourth-order valence-corrected chi connectivity index (χ4v) is 6.32. The van der Waals surface area contributed by atoms with Crippen molar-refractivity contribution in [2.45, 2.75) is 77.6 Å². The molecule has 0 aliphatic rings. The first-order valence-electron chi connectivity index (χ1n) is 15.3. The second kappa shape index (κ2) is 14.6. The summed E-state index contributed by atoms with van der Waals surface area (Å²) in [5.41, 5.74) is 17.4. The Bertz CT molecular complexity index is 1510. The van der Waals surface area contributed by atoms with Crippen LogP contribution in [0.3, 0.4) is 0 Å². The molecule has 0 amide bonds. The van der Waals surface area contributed by atoms with Crippen LogP contribution in [-0.4, -0.2) is 0 Å². The van der Waals surface area contributed by atoms with Crippen LogP contribution in [0, 0.1) is 25.2 Å². The first-order valence-corrected chi connectivity index (χ1v) is 15.3. The fourth-order valence-electron chi connectivity index (χ4n) is 6.32. The van der Waals surface area contributed by atoms with Gasteiger partial charge in [0.2, 0.25) is 0 Å². The second-order valence-corrected chi connectivity index (χ2v) is 11.8. The van der Waals surface area contributed by atoms with E-state index in [9.17, 15) is 5.26 Å². The van der Waals surface area contributed by atoms with Crippen LogP contribution < -0.4 is 11.1 Å². The number of nitrogen functional groups attached to an aromatic ring is 1. The molecule has 4 aromatic rings. The number of nitrogens with two attached hydrogens (primary N) is 1. The second-order valence-electron chi connectivity index (χ2n) is 11.8. The summed E-state index contributed by atoms with van der Waals surface area (Å²) in [6, 6.07) is 34.0. The largest absolute Gasteiger partial charge is 0.399 e. The molecule has 0 saturated heterocycles. The van der Waals surface area contributed by atoms with Gasteiger partial charge < -0.3 is 11.1 Å². The minimum absolute atomic E-state index is 0.0527. The van der Waals surface area contributed by atoms with E-state index in [1.165, 1.54) is 22.3 Å². The molecule has 0 radical (unpaired) electrons. The van der Waals surface area contributed by atoms with E-state index < -0.39 is 0 Å². The molecule has 216 valence electrons. The van der Waals surface area contributed by atoms with Crippen LogP contribution in [0.1, 0.15) is 79.7 Å². The lowest BCUT2D eigenvalue weighted by Crippen LogP contribution is -2.27. The number of allylic oxidation sites excluding steroid dienone is 1. The van der Waals surface area contributed by atoms with Crippen LogP contribution in [0.4, 0.5) is 11.4 Å². The molecular weight excluding hydrogens is 510 g/mol. The molecule has 3 nitrogen and oxygen atoms in total. The first-order chi connectivity index (χ1) is 20.3. The highest BCUT2D eigenvalue weighted by Crippen LogP contribution is 2.41. The Labute approximate surface area is 253 Å². The molecule has 0 bridgehead atoms. The van der Waals surface area contributed by atoms with E-state index in [4.69, 9.17) is 5.73 Å². The molecule has 0 fully saturated rings. The highest BCUT2D eigenvalue weighted by Gasteiger charge is 2.31. The third-order valence-electron chi connectivity index (χ3n) is 8.41. The predicted octanol–water partition coefficient (Wildman–Crippen LogP) is 10.3. The summed E-state index contributed by atoms with van der Waals surface area (Å²) in [7, 11) is 0. The van der Waals surface area contributed by atoms with Crippen LogP contribution >= 0.6 is 0 Å². The molecule has 0 aromatic heterocycles. The lowest BCUT2D eigenvalue weighted by atomic mass is 9.69.